The molecule has 4 nitrogen and oxygen atoms in total. The SMILES string of the molecule is O=C(O)CC1(Nc2cc(Cl)c(F)c(Cl)c2)CNC1. The van der Waals surface area contributed by atoms with Gasteiger partial charge in [-0.3, -0.25) is 4.79 Å². The summed E-state index contributed by atoms with van der Waals surface area (Å²) in [5.74, 6) is -1.58. The van der Waals surface area contributed by atoms with Crippen molar-refractivity contribution >= 4 is 34.9 Å². The van der Waals surface area contributed by atoms with E-state index in [-0.39, 0.29) is 16.5 Å². The van der Waals surface area contributed by atoms with Crippen molar-refractivity contribution in [2.24, 2.45) is 0 Å². The molecule has 0 aromatic heterocycles. The van der Waals surface area contributed by atoms with Crippen LogP contribution in [0.25, 0.3) is 0 Å². The fourth-order valence-corrected chi connectivity index (χ4v) is 2.39. The average Bonchev–Trinajstić information content (AvgIpc) is 2.22. The molecule has 0 radical (unpaired) electrons. The van der Waals surface area contributed by atoms with E-state index in [1.807, 2.05) is 0 Å². The third kappa shape index (κ3) is 2.68. The van der Waals surface area contributed by atoms with E-state index in [9.17, 15) is 9.18 Å². The van der Waals surface area contributed by atoms with Crippen LogP contribution in [0.4, 0.5) is 10.1 Å². The Kier molecular flexibility index (Phi) is 3.66. The van der Waals surface area contributed by atoms with Gasteiger partial charge in [0.2, 0.25) is 0 Å². The van der Waals surface area contributed by atoms with Crippen molar-refractivity contribution in [2.45, 2.75) is 12.0 Å². The molecular weight excluding hydrogens is 282 g/mol. The number of carbonyl (C=O) groups is 1. The van der Waals surface area contributed by atoms with Crippen molar-refractivity contribution in [1.29, 1.82) is 0 Å². The zero-order valence-electron chi connectivity index (χ0n) is 9.27. The molecule has 3 N–H and O–H groups in total. The highest BCUT2D eigenvalue weighted by Gasteiger charge is 2.39. The second kappa shape index (κ2) is 4.91. The molecule has 7 heteroatoms. The molecule has 98 valence electrons. The molecule has 18 heavy (non-hydrogen) atoms. The minimum Gasteiger partial charge on any atom is -0.481 e. The number of aliphatic carboxylic acids is 1. The maximum Gasteiger partial charge on any atom is 0.305 e. The number of anilines is 1. The van der Waals surface area contributed by atoms with Crippen LogP contribution >= 0.6 is 23.2 Å². The van der Waals surface area contributed by atoms with Gasteiger partial charge in [-0.25, -0.2) is 4.39 Å². The molecule has 0 unspecified atom stereocenters. The molecule has 1 aromatic rings. The van der Waals surface area contributed by atoms with Gasteiger partial charge in [-0.2, -0.15) is 0 Å². The highest BCUT2D eigenvalue weighted by atomic mass is 35.5. The molecule has 1 aliphatic rings. The first-order valence-electron chi connectivity index (χ1n) is 5.27. The van der Waals surface area contributed by atoms with Gasteiger partial charge < -0.3 is 15.7 Å². The summed E-state index contributed by atoms with van der Waals surface area (Å²) in [5.41, 5.74) is -0.0646. The number of nitrogens with one attached hydrogen (secondary N) is 2. The first kappa shape index (κ1) is 13.4. The number of benzene rings is 1. The molecule has 0 atom stereocenters. The van der Waals surface area contributed by atoms with Crippen LogP contribution in [0.1, 0.15) is 6.42 Å². The molecule has 1 aliphatic heterocycles. The zero-order chi connectivity index (χ0) is 13.3. The Morgan fingerprint density at radius 3 is 2.39 bits per heavy atom. The standard InChI is InChI=1S/C11H11Cl2FN2O2/c12-7-1-6(2-8(13)10(7)14)16-11(3-9(17)18)4-15-5-11/h1-2,15-16H,3-5H2,(H,17,18). The summed E-state index contributed by atoms with van der Waals surface area (Å²) < 4.78 is 13.3. The first-order chi connectivity index (χ1) is 8.42. The highest BCUT2D eigenvalue weighted by Crippen LogP contribution is 2.30. The summed E-state index contributed by atoms with van der Waals surface area (Å²) in [4.78, 5) is 10.8. The van der Waals surface area contributed by atoms with Gasteiger partial charge in [0.25, 0.3) is 0 Å². The molecule has 0 aliphatic carbocycles. The van der Waals surface area contributed by atoms with E-state index in [2.05, 4.69) is 10.6 Å². The van der Waals surface area contributed by atoms with E-state index in [0.717, 1.165) is 0 Å². The van der Waals surface area contributed by atoms with E-state index in [1.54, 1.807) is 0 Å². The van der Waals surface area contributed by atoms with Crippen LogP contribution in [0.2, 0.25) is 10.0 Å². The quantitative estimate of drug-likeness (QED) is 0.746. The van der Waals surface area contributed by atoms with E-state index >= 15 is 0 Å². The Hall–Kier alpha value is -1.04. The Bertz CT molecular complexity index is 469. The third-order valence-electron chi connectivity index (χ3n) is 2.81. The van der Waals surface area contributed by atoms with Crippen LogP contribution in [-0.2, 0) is 4.79 Å². The van der Waals surface area contributed by atoms with Gasteiger partial charge in [-0.05, 0) is 12.1 Å². The molecular formula is C11H11Cl2FN2O2. The Morgan fingerprint density at radius 2 is 2.00 bits per heavy atom. The number of carboxylic acid groups (broad SMARTS) is 1. The van der Waals surface area contributed by atoms with Crippen molar-refractivity contribution in [3.05, 3.63) is 28.0 Å². The monoisotopic (exact) mass is 292 g/mol. The summed E-state index contributed by atoms with van der Waals surface area (Å²) in [6.07, 6.45) is -0.0351. The molecule has 0 bridgehead atoms. The van der Waals surface area contributed by atoms with Crippen LogP contribution in [-0.4, -0.2) is 29.7 Å². The van der Waals surface area contributed by atoms with E-state index in [1.165, 1.54) is 12.1 Å². The van der Waals surface area contributed by atoms with E-state index in [0.29, 0.717) is 18.8 Å². The van der Waals surface area contributed by atoms with Crippen molar-refractivity contribution in [1.82, 2.24) is 5.32 Å². The van der Waals surface area contributed by atoms with Crippen LogP contribution in [0.15, 0.2) is 12.1 Å². The predicted molar refractivity (Wildman–Crippen MR) is 67.9 cm³/mol. The number of hydrogen-bond acceptors (Lipinski definition) is 3. The highest BCUT2D eigenvalue weighted by molar-refractivity contribution is 6.35. The second-order valence-corrected chi connectivity index (χ2v) is 5.15. The van der Waals surface area contributed by atoms with Gasteiger partial charge in [-0.1, -0.05) is 23.2 Å². The largest absolute Gasteiger partial charge is 0.481 e. The summed E-state index contributed by atoms with van der Waals surface area (Å²) in [7, 11) is 0. The van der Waals surface area contributed by atoms with Gasteiger partial charge >= 0.3 is 5.97 Å². The number of rotatable bonds is 4. The molecule has 0 amide bonds. The van der Waals surface area contributed by atoms with Crippen molar-refractivity contribution in [3.8, 4) is 0 Å². The second-order valence-electron chi connectivity index (χ2n) is 4.33. The Balaban J connectivity index is 2.20. The van der Waals surface area contributed by atoms with Crippen LogP contribution < -0.4 is 10.6 Å². The Morgan fingerprint density at radius 1 is 1.44 bits per heavy atom. The average molecular weight is 293 g/mol. The zero-order valence-corrected chi connectivity index (χ0v) is 10.8. The maximum absolute atomic E-state index is 13.3. The summed E-state index contributed by atoms with van der Waals surface area (Å²) in [5, 5.41) is 14.7. The molecule has 0 saturated carbocycles. The fraction of sp³-hybridized carbons (Fsp3) is 0.364. The lowest BCUT2D eigenvalue weighted by Gasteiger charge is -2.43. The molecule has 2 rings (SSSR count). The normalized spacial score (nSPS) is 17.1. The number of carboxylic acids is 1. The lowest BCUT2D eigenvalue weighted by Crippen LogP contribution is -2.65. The predicted octanol–water partition coefficient (Wildman–Crippen LogP) is 2.36. The molecule has 1 aromatic carbocycles. The number of halogens is 3. The maximum atomic E-state index is 13.3. The van der Waals surface area contributed by atoms with Crippen molar-refractivity contribution in [3.63, 3.8) is 0 Å². The lowest BCUT2D eigenvalue weighted by molar-refractivity contribution is -0.138. The fourth-order valence-electron chi connectivity index (χ4n) is 1.91. The molecule has 1 saturated heterocycles. The Labute approximate surface area is 113 Å². The topological polar surface area (TPSA) is 61.4 Å². The van der Waals surface area contributed by atoms with Crippen LogP contribution in [0, 0.1) is 5.82 Å². The van der Waals surface area contributed by atoms with Gasteiger partial charge in [0, 0.05) is 18.8 Å². The van der Waals surface area contributed by atoms with E-state index < -0.39 is 17.3 Å². The number of hydrogen-bond donors (Lipinski definition) is 3. The van der Waals surface area contributed by atoms with Gasteiger partial charge in [-0.15, -0.1) is 0 Å². The van der Waals surface area contributed by atoms with Crippen molar-refractivity contribution in [2.75, 3.05) is 18.4 Å². The summed E-state index contributed by atoms with van der Waals surface area (Å²) >= 11 is 11.4. The van der Waals surface area contributed by atoms with Crippen molar-refractivity contribution < 1.29 is 14.3 Å². The van der Waals surface area contributed by atoms with Gasteiger partial charge in [0.15, 0.2) is 5.82 Å². The molecule has 1 fully saturated rings. The summed E-state index contributed by atoms with van der Waals surface area (Å²) in [6, 6.07) is 2.79. The van der Waals surface area contributed by atoms with E-state index in [4.69, 9.17) is 28.3 Å². The van der Waals surface area contributed by atoms with Gasteiger partial charge in [0.1, 0.15) is 0 Å². The van der Waals surface area contributed by atoms with Crippen LogP contribution in [0.3, 0.4) is 0 Å². The minimum absolute atomic E-state index is 0.0351. The molecule has 1 heterocycles. The van der Waals surface area contributed by atoms with Crippen LogP contribution in [0.5, 0.6) is 0 Å². The third-order valence-corrected chi connectivity index (χ3v) is 3.36. The summed E-state index contributed by atoms with van der Waals surface area (Å²) in [6.45, 7) is 1.04. The molecule has 0 spiro atoms. The minimum atomic E-state index is -0.900. The van der Waals surface area contributed by atoms with Gasteiger partial charge in [0.05, 0.1) is 22.0 Å². The lowest BCUT2D eigenvalue weighted by atomic mass is 9.88. The smallest absolute Gasteiger partial charge is 0.305 e. The first-order valence-corrected chi connectivity index (χ1v) is 6.03.